The number of para-hydroxylation sites is 1. The largest absolute Gasteiger partial charge is 0.493 e. The maximum Gasteiger partial charge on any atom is 0.287 e. The van der Waals surface area contributed by atoms with Crippen molar-refractivity contribution in [3.8, 4) is 5.88 Å². The Bertz CT molecular complexity index is 1460. The molecule has 9 heteroatoms. The number of hydrogen-bond acceptors (Lipinski definition) is 6. The number of fused-ring (bicyclic) bond motifs is 4. The molecular weight excluding hydrogens is 438 g/mol. The number of azo groups is 1. The van der Waals surface area contributed by atoms with Gasteiger partial charge in [0.25, 0.3) is 11.5 Å². The lowest BCUT2D eigenvalue weighted by atomic mass is 9.97. The molecule has 0 spiro atoms. The van der Waals surface area contributed by atoms with Gasteiger partial charge in [-0.25, -0.2) is 4.98 Å². The quantitative estimate of drug-likeness (QED) is 0.407. The first-order valence-electron chi connectivity index (χ1n) is 11.3. The van der Waals surface area contributed by atoms with E-state index >= 15 is 0 Å². The van der Waals surface area contributed by atoms with E-state index in [2.05, 4.69) is 15.2 Å². The van der Waals surface area contributed by atoms with Crippen LogP contribution in [0.4, 0.5) is 5.69 Å². The van der Waals surface area contributed by atoms with E-state index in [1.165, 1.54) is 15.8 Å². The lowest BCUT2D eigenvalue weighted by Gasteiger charge is -2.12. The summed E-state index contributed by atoms with van der Waals surface area (Å²) in [6.45, 7) is 4.27. The molecule has 0 bridgehead atoms. The molecule has 8 nitrogen and oxygen atoms in total. The van der Waals surface area contributed by atoms with Gasteiger partial charge in [0.15, 0.2) is 5.69 Å². The molecular formula is C24H25N5O3S. The number of nitrogens with zero attached hydrogens (tertiary/aromatic N) is 5. The molecule has 3 heterocycles. The molecule has 1 aromatic carbocycles. The summed E-state index contributed by atoms with van der Waals surface area (Å²) < 4.78 is 3.10. The van der Waals surface area contributed by atoms with E-state index in [0.29, 0.717) is 11.9 Å². The molecule has 1 atom stereocenters. The Morgan fingerprint density at radius 3 is 2.88 bits per heavy atom. The Kier molecular flexibility index (Phi) is 5.57. The van der Waals surface area contributed by atoms with Crippen LogP contribution in [0.2, 0.25) is 0 Å². The van der Waals surface area contributed by atoms with Crippen molar-refractivity contribution in [2.45, 2.75) is 58.5 Å². The Morgan fingerprint density at radius 1 is 1.27 bits per heavy atom. The fraction of sp³-hybridized carbons (Fsp3) is 0.375. The lowest BCUT2D eigenvalue weighted by Crippen LogP contribution is -2.27. The van der Waals surface area contributed by atoms with E-state index in [0.717, 1.165) is 53.4 Å². The summed E-state index contributed by atoms with van der Waals surface area (Å²) in [5.74, 6) is -0.596. The molecule has 0 aliphatic heterocycles. The maximum atomic E-state index is 13.2. The molecule has 33 heavy (non-hydrogen) atoms. The highest BCUT2D eigenvalue weighted by Gasteiger charge is 2.24. The molecule has 1 amide bonds. The first kappa shape index (κ1) is 21.5. The molecule has 1 unspecified atom stereocenters. The Hall–Kier alpha value is -3.33. The van der Waals surface area contributed by atoms with Crippen molar-refractivity contribution in [1.82, 2.24) is 14.1 Å². The highest BCUT2D eigenvalue weighted by atomic mass is 32.1. The van der Waals surface area contributed by atoms with Gasteiger partial charge < -0.3 is 9.67 Å². The zero-order chi connectivity index (χ0) is 23.1. The standard InChI is InChI=1S/C24H25N5O3S/c1-3-12-28-17-10-6-4-8-15(17)20(24(28)32)26-27-21(30)14(2)29-13-25-22-19(23(29)31)16-9-5-7-11-18(16)33-22/h4,6,8,10,13-14,32H,3,5,7,9,11-12H2,1-2H3. The number of aromatic hydroxyl groups is 1. The van der Waals surface area contributed by atoms with Crippen LogP contribution in [0, 0.1) is 0 Å². The molecule has 0 saturated carbocycles. The molecule has 0 fully saturated rings. The monoisotopic (exact) mass is 463 g/mol. The summed E-state index contributed by atoms with van der Waals surface area (Å²) in [6.07, 6.45) is 6.31. The molecule has 4 aromatic rings. The maximum absolute atomic E-state index is 13.2. The van der Waals surface area contributed by atoms with Gasteiger partial charge in [-0.1, -0.05) is 25.1 Å². The van der Waals surface area contributed by atoms with Gasteiger partial charge in [0.2, 0.25) is 5.88 Å². The van der Waals surface area contributed by atoms with E-state index in [9.17, 15) is 14.7 Å². The third-order valence-electron chi connectivity index (χ3n) is 6.29. The van der Waals surface area contributed by atoms with Crippen LogP contribution in [0.15, 0.2) is 45.6 Å². The fourth-order valence-corrected chi connectivity index (χ4v) is 5.78. The first-order valence-corrected chi connectivity index (χ1v) is 12.1. The summed E-state index contributed by atoms with van der Waals surface area (Å²) >= 11 is 1.58. The molecule has 170 valence electrons. The fourth-order valence-electron chi connectivity index (χ4n) is 4.56. The number of carbonyl (C=O) groups excluding carboxylic acids is 1. The second-order valence-electron chi connectivity index (χ2n) is 8.40. The number of rotatable bonds is 5. The molecule has 0 radical (unpaired) electrons. The molecule has 5 rings (SSSR count). The zero-order valence-electron chi connectivity index (χ0n) is 18.6. The number of benzene rings is 1. The number of thiophene rings is 1. The number of aryl methyl sites for hydroxylation is 3. The topological polar surface area (TPSA) is 102 Å². The smallest absolute Gasteiger partial charge is 0.287 e. The summed E-state index contributed by atoms with van der Waals surface area (Å²) in [5.41, 5.74) is 1.97. The van der Waals surface area contributed by atoms with E-state index in [1.807, 2.05) is 31.2 Å². The number of carbonyl (C=O) groups is 1. The van der Waals surface area contributed by atoms with Crippen LogP contribution in [-0.2, 0) is 24.2 Å². The van der Waals surface area contributed by atoms with Crippen molar-refractivity contribution in [3.05, 3.63) is 51.4 Å². The highest BCUT2D eigenvalue weighted by molar-refractivity contribution is 7.18. The van der Waals surface area contributed by atoms with Gasteiger partial charge in [0.05, 0.1) is 17.2 Å². The second kappa shape index (κ2) is 8.55. The average Bonchev–Trinajstić information content (AvgIpc) is 3.33. The molecule has 0 saturated heterocycles. The third-order valence-corrected chi connectivity index (χ3v) is 7.49. The van der Waals surface area contributed by atoms with Crippen LogP contribution < -0.4 is 5.56 Å². The van der Waals surface area contributed by atoms with Gasteiger partial charge in [-0.2, -0.15) is 0 Å². The van der Waals surface area contributed by atoms with Gasteiger partial charge in [-0.05, 0) is 50.7 Å². The van der Waals surface area contributed by atoms with E-state index in [4.69, 9.17) is 0 Å². The van der Waals surface area contributed by atoms with Crippen molar-refractivity contribution in [2.24, 2.45) is 10.2 Å². The number of aromatic nitrogens is 3. The average molecular weight is 464 g/mol. The first-order chi connectivity index (χ1) is 16.0. The Balaban J connectivity index is 1.49. The Morgan fingerprint density at radius 2 is 2.06 bits per heavy atom. The van der Waals surface area contributed by atoms with E-state index in [1.54, 1.807) is 22.8 Å². The van der Waals surface area contributed by atoms with Crippen molar-refractivity contribution in [1.29, 1.82) is 0 Å². The van der Waals surface area contributed by atoms with E-state index < -0.39 is 11.9 Å². The van der Waals surface area contributed by atoms with Crippen LogP contribution in [0.3, 0.4) is 0 Å². The SMILES string of the molecule is CCCn1c(O)c(N=NC(=O)C(C)n2cnc3sc4c(c3c2=O)CCCC4)c2ccccc21. The minimum atomic E-state index is -0.858. The van der Waals surface area contributed by atoms with Crippen molar-refractivity contribution >= 4 is 44.1 Å². The third kappa shape index (κ3) is 3.56. The van der Waals surface area contributed by atoms with Gasteiger partial charge >= 0.3 is 0 Å². The van der Waals surface area contributed by atoms with Gasteiger partial charge in [-0.15, -0.1) is 21.6 Å². The zero-order valence-corrected chi connectivity index (χ0v) is 19.4. The van der Waals surface area contributed by atoms with Crippen LogP contribution in [0.25, 0.3) is 21.1 Å². The van der Waals surface area contributed by atoms with Crippen molar-refractivity contribution in [2.75, 3.05) is 0 Å². The van der Waals surface area contributed by atoms with Crippen LogP contribution in [0.5, 0.6) is 5.88 Å². The Labute approximate surface area is 194 Å². The molecule has 1 N–H and O–H groups in total. The number of amides is 1. The summed E-state index contributed by atoms with van der Waals surface area (Å²) in [4.78, 5) is 32.6. The predicted octanol–water partition coefficient (Wildman–Crippen LogP) is 5.28. The van der Waals surface area contributed by atoms with Gasteiger partial charge in [0.1, 0.15) is 10.9 Å². The molecule has 1 aliphatic carbocycles. The van der Waals surface area contributed by atoms with Gasteiger partial charge in [0, 0.05) is 16.8 Å². The second-order valence-corrected chi connectivity index (χ2v) is 9.49. The normalized spacial score (nSPS) is 14.8. The van der Waals surface area contributed by atoms with Crippen LogP contribution in [-0.4, -0.2) is 25.1 Å². The van der Waals surface area contributed by atoms with Gasteiger partial charge in [-0.3, -0.25) is 14.2 Å². The van der Waals surface area contributed by atoms with E-state index in [-0.39, 0.29) is 17.1 Å². The summed E-state index contributed by atoms with van der Waals surface area (Å²) in [6, 6.07) is 6.62. The van der Waals surface area contributed by atoms with Crippen LogP contribution >= 0.6 is 11.3 Å². The minimum absolute atomic E-state index is 0.0209. The molecule has 3 aromatic heterocycles. The highest BCUT2D eigenvalue weighted by Crippen LogP contribution is 2.39. The summed E-state index contributed by atoms with van der Waals surface area (Å²) in [5, 5.41) is 20.0. The summed E-state index contributed by atoms with van der Waals surface area (Å²) in [7, 11) is 0. The predicted molar refractivity (Wildman–Crippen MR) is 129 cm³/mol. The van der Waals surface area contributed by atoms with Crippen molar-refractivity contribution in [3.63, 3.8) is 0 Å². The lowest BCUT2D eigenvalue weighted by molar-refractivity contribution is -0.121. The van der Waals surface area contributed by atoms with Crippen LogP contribution in [0.1, 0.15) is 49.6 Å². The van der Waals surface area contributed by atoms with Crippen molar-refractivity contribution < 1.29 is 9.90 Å². The number of hydrogen-bond donors (Lipinski definition) is 1. The minimum Gasteiger partial charge on any atom is -0.493 e. The molecule has 1 aliphatic rings.